The minimum absolute atomic E-state index is 0.123. The Hall–Kier alpha value is -2.61. The molecule has 3 amide bonds. The predicted molar refractivity (Wildman–Crippen MR) is 105 cm³/mol. The lowest BCUT2D eigenvalue weighted by atomic mass is 9.99. The quantitative estimate of drug-likeness (QED) is 0.751. The first-order valence-corrected chi connectivity index (χ1v) is 9.68. The van der Waals surface area contributed by atoms with Crippen LogP contribution in [0.3, 0.4) is 0 Å². The Labute approximate surface area is 165 Å². The van der Waals surface area contributed by atoms with Crippen LogP contribution in [0.5, 0.6) is 0 Å². The molecule has 1 aromatic carbocycles. The molecule has 2 aliphatic rings. The number of hydrogen-bond donors (Lipinski definition) is 2. The summed E-state index contributed by atoms with van der Waals surface area (Å²) in [6, 6.07) is 5.86. The van der Waals surface area contributed by atoms with Gasteiger partial charge in [0.25, 0.3) is 5.91 Å². The van der Waals surface area contributed by atoms with Crippen molar-refractivity contribution >= 4 is 23.6 Å². The van der Waals surface area contributed by atoms with Crippen LogP contribution in [-0.4, -0.2) is 66.5 Å². The number of likely N-dealkylation sites (tertiary alicyclic amines) is 1. The molecular weight excluding hydrogens is 360 g/mol. The van der Waals surface area contributed by atoms with E-state index in [0.717, 1.165) is 31.5 Å². The molecule has 1 aromatic rings. The summed E-state index contributed by atoms with van der Waals surface area (Å²) < 4.78 is 4.51. The van der Waals surface area contributed by atoms with Crippen molar-refractivity contribution in [3.8, 4) is 0 Å². The number of urea groups is 1. The highest BCUT2D eigenvalue weighted by molar-refractivity contribution is 5.99. The van der Waals surface area contributed by atoms with Gasteiger partial charge in [-0.15, -0.1) is 0 Å². The van der Waals surface area contributed by atoms with Crippen molar-refractivity contribution < 1.29 is 19.1 Å². The van der Waals surface area contributed by atoms with E-state index in [1.165, 1.54) is 7.11 Å². The van der Waals surface area contributed by atoms with Gasteiger partial charge in [-0.3, -0.25) is 9.59 Å². The molecule has 0 radical (unpaired) electrons. The lowest BCUT2D eigenvalue weighted by Gasteiger charge is -2.41. The molecule has 0 atom stereocenters. The van der Waals surface area contributed by atoms with E-state index in [0.29, 0.717) is 23.8 Å². The molecule has 2 heterocycles. The summed E-state index contributed by atoms with van der Waals surface area (Å²) in [6.45, 7) is 6.74. The smallest absolute Gasteiger partial charge is 0.325 e. The fourth-order valence-corrected chi connectivity index (χ4v) is 3.75. The monoisotopic (exact) mass is 388 g/mol. The molecule has 0 spiro atoms. The average Bonchev–Trinajstić information content (AvgIpc) is 2.70. The minimum atomic E-state index is -0.515. The number of anilines is 1. The van der Waals surface area contributed by atoms with Crippen LogP contribution in [0.25, 0.3) is 0 Å². The van der Waals surface area contributed by atoms with Gasteiger partial charge in [-0.05, 0) is 44.4 Å². The fraction of sp³-hybridized carbons (Fsp3) is 0.550. The van der Waals surface area contributed by atoms with Gasteiger partial charge in [0.2, 0.25) is 0 Å². The maximum Gasteiger partial charge on any atom is 0.325 e. The number of piperidine rings is 1. The second kappa shape index (κ2) is 8.60. The third-order valence-electron chi connectivity index (χ3n) is 5.51. The van der Waals surface area contributed by atoms with E-state index < -0.39 is 5.97 Å². The van der Waals surface area contributed by atoms with Crippen molar-refractivity contribution in [2.24, 2.45) is 0 Å². The van der Waals surface area contributed by atoms with Crippen molar-refractivity contribution in [3.63, 3.8) is 0 Å². The van der Waals surface area contributed by atoms with Crippen molar-refractivity contribution in [2.75, 3.05) is 32.1 Å². The molecule has 2 N–H and O–H groups in total. The maximum absolute atomic E-state index is 12.6. The molecule has 2 aliphatic heterocycles. The van der Waals surface area contributed by atoms with Gasteiger partial charge in [-0.1, -0.05) is 6.07 Å². The maximum atomic E-state index is 12.6. The normalized spacial score (nSPS) is 17.9. The largest absolute Gasteiger partial charge is 0.468 e. The molecule has 1 saturated heterocycles. The summed E-state index contributed by atoms with van der Waals surface area (Å²) in [7, 11) is 1.27. The molecule has 0 bridgehead atoms. The zero-order valence-corrected chi connectivity index (χ0v) is 16.7. The Balaban J connectivity index is 1.64. The van der Waals surface area contributed by atoms with Crippen molar-refractivity contribution in [1.29, 1.82) is 0 Å². The summed E-state index contributed by atoms with van der Waals surface area (Å²) in [5, 5.41) is 5.41. The van der Waals surface area contributed by atoms with Gasteiger partial charge >= 0.3 is 12.0 Å². The highest BCUT2D eigenvalue weighted by Crippen LogP contribution is 2.29. The van der Waals surface area contributed by atoms with Crippen LogP contribution in [0.1, 0.15) is 42.6 Å². The Morgan fingerprint density at radius 2 is 2.00 bits per heavy atom. The first-order valence-electron chi connectivity index (χ1n) is 9.68. The summed E-state index contributed by atoms with van der Waals surface area (Å²) in [6.07, 6.45) is 1.93. The standard InChI is InChI=1S/C20H28N4O4/c1-13(2)23-8-6-16(7-9-23)24-12-15-5-4-14(10-17(15)22-20(24)27)19(26)21-11-18(25)28-3/h4-5,10,13,16H,6-9,11-12H2,1-3H3,(H,21,26)(H,22,27). The number of nitrogens with one attached hydrogen (secondary N) is 2. The number of carbonyl (C=O) groups is 3. The number of methoxy groups -OCH3 is 1. The average molecular weight is 388 g/mol. The predicted octanol–water partition coefficient (Wildman–Crippen LogP) is 1.81. The van der Waals surface area contributed by atoms with Gasteiger partial charge < -0.3 is 25.2 Å². The highest BCUT2D eigenvalue weighted by Gasteiger charge is 2.32. The van der Waals surface area contributed by atoms with Gasteiger partial charge in [-0.25, -0.2) is 4.79 Å². The molecule has 0 aliphatic carbocycles. The van der Waals surface area contributed by atoms with E-state index in [4.69, 9.17) is 0 Å². The number of fused-ring (bicyclic) bond motifs is 1. The highest BCUT2D eigenvalue weighted by atomic mass is 16.5. The van der Waals surface area contributed by atoms with E-state index in [9.17, 15) is 14.4 Å². The second-order valence-corrected chi connectivity index (χ2v) is 7.55. The molecule has 152 valence electrons. The van der Waals surface area contributed by atoms with Crippen molar-refractivity contribution in [3.05, 3.63) is 29.3 Å². The van der Waals surface area contributed by atoms with Crippen LogP contribution < -0.4 is 10.6 Å². The fourth-order valence-electron chi connectivity index (χ4n) is 3.75. The molecule has 1 fully saturated rings. The van der Waals surface area contributed by atoms with Gasteiger partial charge in [-0.2, -0.15) is 0 Å². The molecule has 8 nitrogen and oxygen atoms in total. The molecule has 8 heteroatoms. The van der Waals surface area contributed by atoms with Crippen molar-refractivity contribution in [1.82, 2.24) is 15.1 Å². The van der Waals surface area contributed by atoms with Gasteiger partial charge in [0.15, 0.2) is 0 Å². The van der Waals surface area contributed by atoms with E-state index in [1.54, 1.807) is 12.1 Å². The zero-order chi connectivity index (χ0) is 20.3. The van der Waals surface area contributed by atoms with Gasteiger partial charge in [0, 0.05) is 43.0 Å². The number of amides is 3. The minimum Gasteiger partial charge on any atom is -0.468 e. The van der Waals surface area contributed by atoms with Crippen molar-refractivity contribution in [2.45, 2.75) is 45.3 Å². The third-order valence-corrected chi connectivity index (χ3v) is 5.51. The molecule has 0 unspecified atom stereocenters. The number of benzene rings is 1. The van der Waals surface area contributed by atoms with Crippen LogP contribution in [0.2, 0.25) is 0 Å². The van der Waals surface area contributed by atoms with E-state index in [1.807, 2.05) is 11.0 Å². The van der Waals surface area contributed by atoms with E-state index in [2.05, 4.69) is 34.1 Å². The van der Waals surface area contributed by atoms with E-state index in [-0.39, 0.29) is 24.5 Å². The lowest BCUT2D eigenvalue weighted by Crippen LogP contribution is -2.51. The molecular formula is C20H28N4O4. The second-order valence-electron chi connectivity index (χ2n) is 7.55. The Bertz CT molecular complexity index is 757. The number of esters is 1. The van der Waals surface area contributed by atoms with Gasteiger partial charge in [0.05, 0.1) is 7.11 Å². The first kappa shape index (κ1) is 20.1. The molecule has 28 heavy (non-hydrogen) atoms. The zero-order valence-electron chi connectivity index (χ0n) is 16.7. The van der Waals surface area contributed by atoms with Crippen LogP contribution in [0.15, 0.2) is 18.2 Å². The topological polar surface area (TPSA) is 91.0 Å². The summed E-state index contributed by atoms with van der Waals surface area (Å²) in [5.41, 5.74) is 2.02. The SMILES string of the molecule is COC(=O)CNC(=O)c1ccc2c(c1)NC(=O)N(C1CCN(C(C)C)CC1)C2. The van der Waals surface area contributed by atoms with Gasteiger partial charge in [0.1, 0.15) is 6.54 Å². The Kier molecular flexibility index (Phi) is 6.18. The first-order chi connectivity index (χ1) is 13.4. The molecule has 3 rings (SSSR count). The molecule has 0 saturated carbocycles. The van der Waals surface area contributed by atoms with Crippen LogP contribution in [-0.2, 0) is 16.1 Å². The van der Waals surface area contributed by atoms with Crippen LogP contribution in [0.4, 0.5) is 10.5 Å². The lowest BCUT2D eigenvalue weighted by molar-refractivity contribution is -0.139. The number of carbonyl (C=O) groups excluding carboxylic acids is 3. The molecule has 0 aromatic heterocycles. The summed E-state index contributed by atoms with van der Waals surface area (Å²) >= 11 is 0. The summed E-state index contributed by atoms with van der Waals surface area (Å²) in [5.74, 6) is -0.898. The summed E-state index contributed by atoms with van der Waals surface area (Å²) in [4.78, 5) is 40.3. The number of rotatable bonds is 5. The Morgan fingerprint density at radius 3 is 2.64 bits per heavy atom. The Morgan fingerprint density at radius 1 is 1.29 bits per heavy atom. The third kappa shape index (κ3) is 4.44. The number of nitrogens with zero attached hydrogens (tertiary/aromatic N) is 2. The van der Waals surface area contributed by atoms with E-state index >= 15 is 0 Å². The number of ether oxygens (including phenoxy) is 1. The number of hydrogen-bond acceptors (Lipinski definition) is 5. The van der Waals surface area contributed by atoms with Crippen LogP contribution in [0, 0.1) is 0 Å². The van der Waals surface area contributed by atoms with Crippen LogP contribution >= 0.6 is 0 Å².